The smallest absolute Gasteiger partial charge is 0.270 e. The second-order valence-electron chi connectivity index (χ2n) is 7.27. The maximum atomic E-state index is 12.1. The third-order valence-electron chi connectivity index (χ3n) is 4.83. The summed E-state index contributed by atoms with van der Waals surface area (Å²) in [6.07, 6.45) is 6.48. The highest BCUT2D eigenvalue weighted by Gasteiger charge is 2.08. The van der Waals surface area contributed by atoms with E-state index in [1.54, 1.807) is 12.3 Å². The number of amides is 1. The number of carbonyl (C=O) groups excluding carboxylic acids is 1. The standard InChI is InChI=1S/C24H28N4O3/c1-2-3-4-9-16-31-22-13-8-5-10-18(22)17-25-28-23(29)15-14-21-24(30)27-20-12-7-6-11-19(20)26-21/h5-8,10-13,17H,2-4,9,14-16H2,1H3,(H,27,30)(H,28,29)/b25-17+. The van der Waals surface area contributed by atoms with Gasteiger partial charge in [0.05, 0.1) is 23.9 Å². The lowest BCUT2D eigenvalue weighted by Gasteiger charge is -2.08. The van der Waals surface area contributed by atoms with Gasteiger partial charge in [0, 0.05) is 18.4 Å². The Morgan fingerprint density at radius 1 is 1.13 bits per heavy atom. The number of nitrogens with zero attached hydrogens (tertiary/aromatic N) is 2. The number of ether oxygens (including phenoxy) is 1. The molecule has 7 nitrogen and oxygen atoms in total. The van der Waals surface area contributed by atoms with Gasteiger partial charge in [0.2, 0.25) is 5.91 Å². The minimum absolute atomic E-state index is 0.112. The molecule has 0 aliphatic rings. The summed E-state index contributed by atoms with van der Waals surface area (Å²) in [6, 6.07) is 14.9. The molecule has 1 aromatic heterocycles. The topological polar surface area (TPSA) is 96.4 Å². The summed E-state index contributed by atoms with van der Waals surface area (Å²) in [6.45, 7) is 2.84. The van der Waals surface area contributed by atoms with Gasteiger partial charge in [-0.05, 0) is 30.7 Å². The van der Waals surface area contributed by atoms with Crippen LogP contribution in [0.5, 0.6) is 5.75 Å². The molecule has 162 valence electrons. The molecule has 0 saturated carbocycles. The van der Waals surface area contributed by atoms with Crippen molar-refractivity contribution in [3.05, 3.63) is 70.1 Å². The van der Waals surface area contributed by atoms with Crippen molar-refractivity contribution in [2.24, 2.45) is 5.10 Å². The molecule has 2 N–H and O–H groups in total. The van der Waals surface area contributed by atoms with E-state index in [9.17, 15) is 9.59 Å². The van der Waals surface area contributed by atoms with E-state index in [1.807, 2.05) is 42.5 Å². The van der Waals surface area contributed by atoms with Crippen LogP contribution in [0.25, 0.3) is 11.0 Å². The highest BCUT2D eigenvalue weighted by molar-refractivity contribution is 5.85. The fourth-order valence-corrected chi connectivity index (χ4v) is 3.13. The Morgan fingerprint density at radius 3 is 2.81 bits per heavy atom. The minimum Gasteiger partial charge on any atom is -0.493 e. The van der Waals surface area contributed by atoms with Crippen LogP contribution in [0.15, 0.2) is 58.4 Å². The van der Waals surface area contributed by atoms with E-state index in [0.29, 0.717) is 23.3 Å². The molecule has 0 saturated heterocycles. The molecular formula is C24H28N4O3. The van der Waals surface area contributed by atoms with Gasteiger partial charge in [0.15, 0.2) is 0 Å². The number of rotatable bonds is 11. The number of aryl methyl sites for hydroxylation is 1. The Hall–Kier alpha value is -3.48. The van der Waals surface area contributed by atoms with Crippen molar-refractivity contribution in [2.45, 2.75) is 45.4 Å². The second-order valence-corrected chi connectivity index (χ2v) is 7.27. The molecule has 0 fully saturated rings. The zero-order valence-corrected chi connectivity index (χ0v) is 17.8. The molecule has 3 rings (SSSR count). The van der Waals surface area contributed by atoms with E-state index >= 15 is 0 Å². The summed E-state index contributed by atoms with van der Waals surface area (Å²) in [5.41, 5.74) is 4.73. The van der Waals surface area contributed by atoms with Crippen LogP contribution in [-0.4, -0.2) is 28.7 Å². The first-order valence-electron chi connectivity index (χ1n) is 10.7. The fraction of sp³-hybridized carbons (Fsp3) is 0.333. The number of hydrogen-bond acceptors (Lipinski definition) is 5. The average Bonchev–Trinajstić information content (AvgIpc) is 2.78. The van der Waals surface area contributed by atoms with Crippen molar-refractivity contribution in [1.82, 2.24) is 15.4 Å². The molecule has 0 unspecified atom stereocenters. The molecule has 0 aliphatic heterocycles. The van der Waals surface area contributed by atoms with Gasteiger partial charge >= 0.3 is 0 Å². The van der Waals surface area contributed by atoms with Crippen molar-refractivity contribution in [2.75, 3.05) is 6.61 Å². The van der Waals surface area contributed by atoms with E-state index in [0.717, 1.165) is 24.2 Å². The van der Waals surface area contributed by atoms with Gasteiger partial charge in [-0.3, -0.25) is 9.59 Å². The lowest BCUT2D eigenvalue weighted by molar-refractivity contribution is -0.121. The SMILES string of the molecule is CCCCCCOc1ccccc1/C=N/NC(=O)CCc1nc2ccccc2[nH]c1=O. The summed E-state index contributed by atoms with van der Waals surface area (Å²) >= 11 is 0. The van der Waals surface area contributed by atoms with E-state index in [-0.39, 0.29) is 24.3 Å². The zero-order chi connectivity index (χ0) is 21.9. The van der Waals surface area contributed by atoms with E-state index < -0.39 is 0 Å². The number of aromatic nitrogens is 2. The lowest BCUT2D eigenvalue weighted by atomic mass is 10.2. The number of para-hydroxylation sites is 3. The number of nitrogens with one attached hydrogen (secondary N) is 2. The van der Waals surface area contributed by atoms with Crippen LogP contribution in [-0.2, 0) is 11.2 Å². The molecule has 0 spiro atoms. The average molecular weight is 421 g/mol. The summed E-state index contributed by atoms with van der Waals surface area (Å²) in [5, 5.41) is 4.03. The molecule has 7 heteroatoms. The Labute approximate surface area is 181 Å². The van der Waals surface area contributed by atoms with E-state index in [4.69, 9.17) is 4.74 Å². The molecular weight excluding hydrogens is 392 g/mol. The second kappa shape index (κ2) is 11.6. The summed E-state index contributed by atoms with van der Waals surface area (Å²) in [5.74, 6) is 0.451. The Balaban J connectivity index is 1.51. The van der Waals surface area contributed by atoms with Crippen molar-refractivity contribution in [3.8, 4) is 5.75 Å². The van der Waals surface area contributed by atoms with Crippen LogP contribution in [0.1, 0.15) is 50.3 Å². The third-order valence-corrected chi connectivity index (χ3v) is 4.83. The van der Waals surface area contributed by atoms with Crippen LogP contribution in [0, 0.1) is 0 Å². The van der Waals surface area contributed by atoms with Gasteiger partial charge in [0.25, 0.3) is 5.56 Å². The van der Waals surface area contributed by atoms with Gasteiger partial charge in [-0.1, -0.05) is 50.5 Å². The number of aromatic amines is 1. The lowest BCUT2D eigenvalue weighted by Crippen LogP contribution is -2.21. The largest absolute Gasteiger partial charge is 0.493 e. The van der Waals surface area contributed by atoms with Crippen molar-refractivity contribution < 1.29 is 9.53 Å². The molecule has 3 aromatic rings. The third kappa shape index (κ3) is 6.77. The fourth-order valence-electron chi connectivity index (χ4n) is 3.13. The molecule has 1 amide bonds. The zero-order valence-electron chi connectivity index (χ0n) is 17.8. The number of hydrogen-bond donors (Lipinski definition) is 2. The van der Waals surface area contributed by atoms with Crippen molar-refractivity contribution >= 4 is 23.2 Å². The molecule has 0 aliphatic carbocycles. The van der Waals surface area contributed by atoms with Crippen LogP contribution in [0.2, 0.25) is 0 Å². The van der Waals surface area contributed by atoms with E-state index in [1.165, 1.54) is 12.8 Å². The van der Waals surface area contributed by atoms with Gasteiger partial charge in [-0.25, -0.2) is 10.4 Å². The van der Waals surface area contributed by atoms with Crippen LogP contribution < -0.4 is 15.7 Å². The summed E-state index contributed by atoms with van der Waals surface area (Å²) in [4.78, 5) is 31.4. The number of carbonyl (C=O) groups is 1. The predicted molar refractivity (Wildman–Crippen MR) is 123 cm³/mol. The maximum absolute atomic E-state index is 12.1. The normalized spacial score (nSPS) is 11.1. The number of hydrazone groups is 1. The van der Waals surface area contributed by atoms with Gasteiger partial charge < -0.3 is 9.72 Å². The molecule has 0 bridgehead atoms. The van der Waals surface area contributed by atoms with Crippen LogP contribution >= 0.6 is 0 Å². The van der Waals surface area contributed by atoms with Gasteiger partial charge in [-0.2, -0.15) is 5.10 Å². The monoisotopic (exact) mass is 420 g/mol. The number of fused-ring (bicyclic) bond motifs is 1. The first kappa shape index (κ1) is 22.2. The Morgan fingerprint density at radius 2 is 1.94 bits per heavy atom. The molecule has 0 atom stereocenters. The predicted octanol–water partition coefficient (Wildman–Crippen LogP) is 3.97. The van der Waals surface area contributed by atoms with Gasteiger partial charge in [-0.15, -0.1) is 0 Å². The maximum Gasteiger partial charge on any atom is 0.270 e. The first-order valence-corrected chi connectivity index (χ1v) is 10.7. The van der Waals surface area contributed by atoms with Crippen molar-refractivity contribution in [1.29, 1.82) is 0 Å². The number of H-pyrrole nitrogens is 1. The Bertz CT molecular complexity index is 1090. The summed E-state index contributed by atoms with van der Waals surface area (Å²) < 4.78 is 5.84. The first-order chi connectivity index (χ1) is 15.2. The van der Waals surface area contributed by atoms with Crippen LogP contribution in [0.4, 0.5) is 0 Å². The minimum atomic E-state index is -0.288. The molecule has 2 aromatic carbocycles. The Kier molecular flexibility index (Phi) is 8.34. The highest BCUT2D eigenvalue weighted by Crippen LogP contribution is 2.16. The van der Waals surface area contributed by atoms with Crippen LogP contribution in [0.3, 0.4) is 0 Å². The number of benzene rings is 2. The number of unbranched alkanes of at least 4 members (excludes halogenated alkanes) is 3. The molecule has 0 radical (unpaired) electrons. The van der Waals surface area contributed by atoms with Gasteiger partial charge in [0.1, 0.15) is 11.4 Å². The summed E-state index contributed by atoms with van der Waals surface area (Å²) in [7, 11) is 0. The molecule has 1 heterocycles. The van der Waals surface area contributed by atoms with Crippen molar-refractivity contribution in [3.63, 3.8) is 0 Å². The molecule has 31 heavy (non-hydrogen) atoms. The quantitative estimate of drug-likeness (QED) is 0.279. The van der Waals surface area contributed by atoms with E-state index in [2.05, 4.69) is 27.4 Å². The highest BCUT2D eigenvalue weighted by atomic mass is 16.5.